The molecule has 0 rings (SSSR count). The first-order valence-electron chi connectivity index (χ1n) is 1.47. The molecule has 0 saturated carbocycles. The third-order valence-corrected chi connectivity index (χ3v) is 0.316. The van der Waals surface area contributed by atoms with E-state index in [1.807, 2.05) is 6.92 Å². The minimum atomic E-state index is 0. The molecule has 0 amide bonds. The Bertz CT molecular complexity index is 12.8. The van der Waals surface area contributed by atoms with E-state index in [1.54, 1.807) is 7.05 Å². The quantitative estimate of drug-likeness (QED) is 0.500. The van der Waals surface area contributed by atoms with E-state index < -0.39 is 0 Å². The summed E-state index contributed by atoms with van der Waals surface area (Å²) in [5, 5.41) is 3.74. The van der Waals surface area contributed by atoms with Crippen molar-refractivity contribution in [2.45, 2.75) is 6.92 Å². The van der Waals surface area contributed by atoms with Gasteiger partial charge in [0.2, 0.25) is 0 Å². The van der Waals surface area contributed by atoms with Crippen LogP contribution >= 0.6 is 0 Å². The van der Waals surface area contributed by atoms with E-state index in [9.17, 15) is 0 Å². The molecule has 0 aliphatic rings. The maximum Gasteiger partial charge on any atom is 0 e. The molecule has 0 atom stereocenters. The molecule has 0 fully saturated rings. The molecule has 6 heavy (non-hydrogen) atoms. The van der Waals surface area contributed by atoms with Crippen molar-refractivity contribution in [3.8, 4) is 0 Å². The summed E-state index contributed by atoms with van der Waals surface area (Å²) in [4.78, 5) is 0. The summed E-state index contributed by atoms with van der Waals surface area (Å²) in [6.45, 7) is 2.96. The van der Waals surface area contributed by atoms with Crippen molar-refractivity contribution in [3.63, 3.8) is 0 Å². The normalized spacial score (nSPS) is 5.00. The van der Waals surface area contributed by atoms with Gasteiger partial charge in [0.15, 0.2) is 0 Å². The van der Waals surface area contributed by atoms with Crippen LogP contribution in [0.5, 0.6) is 0 Å². The van der Waals surface area contributed by atoms with E-state index in [4.69, 9.17) is 0 Å². The summed E-state index contributed by atoms with van der Waals surface area (Å²) in [7, 11) is 1.81. The molecule has 0 heterocycles. The summed E-state index contributed by atoms with van der Waals surface area (Å²) in [6.07, 6.45) is 0. The van der Waals surface area contributed by atoms with Crippen LogP contribution in [0.3, 0.4) is 0 Å². The molecular formula is C3H8NReRf-. The van der Waals surface area contributed by atoms with Crippen LogP contribution in [-0.4, -0.2) is 13.6 Å². The van der Waals surface area contributed by atoms with Crippen LogP contribution < -0.4 is 0 Å². The van der Waals surface area contributed by atoms with Gasteiger partial charge >= 0.3 is 0 Å². The standard InChI is InChI=1S/C3H8N.Re.Rf/c1-3-4-2;;/h3H2,1-2H3;;/q-1;;. The Morgan fingerprint density at radius 3 is 1.67 bits per heavy atom. The average Bonchev–Trinajstić information content (AvgIpc) is 1.37. The molecule has 3 heteroatoms. The van der Waals surface area contributed by atoms with Gasteiger partial charge in [0.25, 0.3) is 0 Å². The molecule has 0 aromatic heterocycles. The molecule has 0 aliphatic carbocycles. The summed E-state index contributed by atoms with van der Waals surface area (Å²) < 4.78 is 0. The molecule has 0 aliphatic heterocycles. The van der Waals surface area contributed by atoms with E-state index in [0.29, 0.717) is 0 Å². The van der Waals surface area contributed by atoms with Gasteiger partial charge in [-0.05, 0) is 0 Å². The van der Waals surface area contributed by atoms with Gasteiger partial charge in [-0.1, -0.05) is 6.92 Å². The molecule has 0 N–H and O–H groups in total. The van der Waals surface area contributed by atoms with Crippen LogP contribution in [0.25, 0.3) is 5.32 Å². The van der Waals surface area contributed by atoms with Crippen molar-refractivity contribution in [1.82, 2.24) is 0 Å². The SMILES string of the molecule is CC[N-]C.[Re].[Rf]. The molecule has 0 spiro atoms. The minimum Gasteiger partial charge on any atom is -0.665 e. The van der Waals surface area contributed by atoms with Crippen molar-refractivity contribution in [2.75, 3.05) is 13.6 Å². The summed E-state index contributed by atoms with van der Waals surface area (Å²) in [5.41, 5.74) is 0. The average molecular weight is 511 g/mol. The second kappa shape index (κ2) is 23.0. The van der Waals surface area contributed by atoms with E-state index in [1.165, 1.54) is 0 Å². The Labute approximate surface area is 46.8 Å². The molecule has 0 unspecified atom stereocenters. The third kappa shape index (κ3) is 64.3. The van der Waals surface area contributed by atoms with Gasteiger partial charge < -0.3 is 5.32 Å². The predicted octanol–water partition coefficient (Wildman–Crippen LogP) is 1.01. The van der Waals surface area contributed by atoms with E-state index in [2.05, 4.69) is 5.32 Å². The molecule has 1 nitrogen and oxygen atoms in total. The van der Waals surface area contributed by atoms with Crippen molar-refractivity contribution in [3.05, 3.63) is 5.32 Å². The molecule has 1 radical (unpaired) electrons. The summed E-state index contributed by atoms with van der Waals surface area (Å²) in [6, 6.07) is 0. The molecule has 0 aromatic rings. The van der Waals surface area contributed by atoms with Crippen LogP contribution in [0.2, 0.25) is 0 Å². The molecule has 0 saturated heterocycles. The molecular weight excluding hydrogens is 503 g/mol. The Balaban J connectivity index is -0.0000000450. The monoisotopic (exact) mass is 512 g/mol. The van der Waals surface area contributed by atoms with Crippen LogP contribution in [0, 0.1) is 0 Å². The van der Waals surface area contributed by atoms with Gasteiger partial charge in [0.1, 0.15) is 0 Å². The first-order chi connectivity index (χ1) is 1.91. The van der Waals surface area contributed by atoms with E-state index >= 15 is 0 Å². The van der Waals surface area contributed by atoms with Crippen molar-refractivity contribution in [2.24, 2.45) is 0 Å². The number of nitrogens with zero attached hydrogens (tertiary/aromatic N) is 1. The van der Waals surface area contributed by atoms with Crippen molar-refractivity contribution in [1.29, 1.82) is 0 Å². The van der Waals surface area contributed by atoms with E-state index in [-0.39, 0.29) is 20.4 Å². The van der Waals surface area contributed by atoms with Crippen LogP contribution in [0.1, 0.15) is 6.92 Å². The molecule has 35 valence electrons. The topological polar surface area (TPSA) is 14.1 Å². The zero-order valence-corrected chi connectivity index (χ0v) is 13.4. The largest absolute Gasteiger partial charge is 0.665 e. The first-order valence-corrected chi connectivity index (χ1v) is 1.47. The first kappa shape index (κ1) is 17.5. The molecule has 0 aromatic carbocycles. The minimum absolute atomic E-state index is 0. The second-order valence-electron chi connectivity index (χ2n) is 0.632. The van der Waals surface area contributed by atoms with Gasteiger partial charge in [-0.15, -0.1) is 0 Å². The van der Waals surface area contributed by atoms with Gasteiger partial charge in [-0.2, -0.15) is 13.6 Å². The van der Waals surface area contributed by atoms with Gasteiger partial charge in [0, 0.05) is 20.4 Å². The Morgan fingerprint density at radius 2 is 1.67 bits per heavy atom. The van der Waals surface area contributed by atoms with Gasteiger partial charge in [0.05, 0.1) is 0 Å². The fourth-order valence-corrected chi connectivity index (χ4v) is 0. The van der Waals surface area contributed by atoms with Gasteiger partial charge in [-0.25, -0.2) is 0 Å². The number of hydrogen-bond acceptors (Lipinski definition) is 0. The maximum atomic E-state index is 3.74. The molecule has 0 bridgehead atoms. The second-order valence-corrected chi connectivity index (χ2v) is 0.632. The zero-order valence-electron chi connectivity index (χ0n) is 4.24. The Hall–Kier alpha value is -0.378. The predicted molar refractivity (Wildman–Crippen MR) is 19.8 cm³/mol. The van der Waals surface area contributed by atoms with Crippen molar-refractivity contribution >= 4 is 0 Å². The van der Waals surface area contributed by atoms with E-state index in [0.717, 1.165) is 6.54 Å². The fraction of sp³-hybridized carbons (Fsp3) is 1.00. The van der Waals surface area contributed by atoms with Crippen LogP contribution in [-0.2, 0) is 20.4 Å². The van der Waals surface area contributed by atoms with Crippen LogP contribution in [0.15, 0.2) is 0 Å². The van der Waals surface area contributed by atoms with Crippen LogP contribution in [0.4, 0.5) is 0 Å². The third-order valence-electron chi connectivity index (χ3n) is 0.316. The fourth-order valence-electron chi connectivity index (χ4n) is 0. The summed E-state index contributed by atoms with van der Waals surface area (Å²) in [5.74, 6) is 0. The van der Waals surface area contributed by atoms with Crippen molar-refractivity contribution < 1.29 is 20.4 Å². The van der Waals surface area contributed by atoms with Gasteiger partial charge in [-0.3, -0.25) is 0 Å². The summed E-state index contributed by atoms with van der Waals surface area (Å²) >= 11 is 0. The zero-order chi connectivity index (χ0) is 3.41. The number of rotatable bonds is 1. The number of hydrogen-bond donors (Lipinski definition) is 0. The Kier molecular flexibility index (Phi) is 67.1. The Morgan fingerprint density at radius 1 is 1.50 bits per heavy atom. The smallest absolute Gasteiger partial charge is 0 e. The maximum absolute atomic E-state index is 3.74.